The number of hydrogen-bond donors (Lipinski definition) is 1. The van der Waals surface area contributed by atoms with Crippen LogP contribution in [0.25, 0.3) is 10.9 Å². The Morgan fingerprint density at radius 1 is 1.44 bits per heavy atom. The summed E-state index contributed by atoms with van der Waals surface area (Å²) >= 11 is 0. The summed E-state index contributed by atoms with van der Waals surface area (Å²) in [4.78, 5) is 16.5. The van der Waals surface area contributed by atoms with E-state index in [-0.39, 0.29) is 5.59 Å². The molecule has 0 aliphatic rings. The fourth-order valence-electron chi connectivity index (χ4n) is 2.00. The zero-order chi connectivity index (χ0) is 13.1. The molecule has 1 N–H and O–H groups in total. The molecule has 0 atom stereocenters. The van der Waals surface area contributed by atoms with E-state index in [9.17, 15) is 4.79 Å². The maximum atomic E-state index is 11.2. The van der Waals surface area contributed by atoms with E-state index in [1.165, 1.54) is 5.56 Å². The van der Waals surface area contributed by atoms with Gasteiger partial charge in [0.15, 0.2) is 0 Å². The van der Waals surface area contributed by atoms with E-state index in [4.69, 9.17) is 4.74 Å². The summed E-state index contributed by atoms with van der Waals surface area (Å²) in [6.07, 6.45) is 2.93. The van der Waals surface area contributed by atoms with Crippen LogP contribution in [0.2, 0.25) is 0 Å². The molecule has 0 spiro atoms. The zero-order valence-electron chi connectivity index (χ0n) is 11.0. The molecular weight excluding hydrogens is 244 g/mol. The fraction of sp³-hybridized carbons (Fsp3) is 0.308. The Morgan fingerprint density at radius 2 is 2.22 bits per heavy atom. The Labute approximate surface area is 109 Å². The summed E-state index contributed by atoms with van der Waals surface area (Å²) in [5, 5.41) is 1.03. The van der Waals surface area contributed by atoms with Gasteiger partial charge in [-0.2, -0.15) is 0 Å². The quantitative estimate of drug-likeness (QED) is 0.840. The average Bonchev–Trinajstić information content (AvgIpc) is 2.70. The van der Waals surface area contributed by atoms with Crippen LogP contribution in [0.5, 0.6) is 5.75 Å². The van der Waals surface area contributed by atoms with Crippen LogP contribution in [0.1, 0.15) is 5.56 Å². The molecule has 1 heterocycles. The third-order valence-corrected chi connectivity index (χ3v) is 3.04. The number of carbonyl (C=O) groups excluding carboxylic acids is 1. The predicted octanol–water partition coefficient (Wildman–Crippen LogP) is 1.14. The van der Waals surface area contributed by atoms with Crippen molar-refractivity contribution in [3.8, 4) is 5.75 Å². The van der Waals surface area contributed by atoms with Crippen LogP contribution in [-0.4, -0.2) is 46.4 Å². The Hall–Kier alpha value is -1.59. The lowest BCUT2D eigenvalue weighted by Crippen LogP contribution is -2.15. The molecule has 5 heteroatoms. The third-order valence-electron chi connectivity index (χ3n) is 2.83. The van der Waals surface area contributed by atoms with Gasteiger partial charge in [-0.15, -0.1) is 0 Å². The van der Waals surface area contributed by atoms with Crippen molar-refractivity contribution in [2.75, 3.05) is 20.6 Å². The highest BCUT2D eigenvalue weighted by molar-refractivity contribution is 6.55. The van der Waals surface area contributed by atoms with E-state index in [2.05, 4.69) is 9.88 Å². The van der Waals surface area contributed by atoms with Crippen molar-refractivity contribution >= 4 is 26.7 Å². The van der Waals surface area contributed by atoms with Gasteiger partial charge in [-0.3, -0.25) is 4.79 Å². The fourth-order valence-corrected chi connectivity index (χ4v) is 2.22. The van der Waals surface area contributed by atoms with Crippen LogP contribution >= 0.6 is 0 Å². The van der Waals surface area contributed by atoms with Crippen molar-refractivity contribution in [2.24, 2.45) is 0 Å². The Balaban J connectivity index is 2.38. The van der Waals surface area contributed by atoms with Crippen molar-refractivity contribution in [3.63, 3.8) is 0 Å². The monoisotopic (exact) mass is 262 g/mol. The highest BCUT2D eigenvalue weighted by Gasteiger charge is 2.10. The molecule has 18 heavy (non-hydrogen) atoms. The highest BCUT2D eigenvalue weighted by Crippen LogP contribution is 2.29. The summed E-state index contributed by atoms with van der Waals surface area (Å²) in [6, 6.07) is 5.75. The molecular formula is C13H18N2O2Si. The smallest absolute Gasteiger partial charge is 0.265 e. The highest BCUT2D eigenvalue weighted by atomic mass is 28.1. The molecule has 0 aliphatic carbocycles. The molecule has 0 fully saturated rings. The van der Waals surface area contributed by atoms with Gasteiger partial charge in [0.05, 0.1) is 0 Å². The predicted molar refractivity (Wildman–Crippen MR) is 76.5 cm³/mol. The topological polar surface area (TPSA) is 45.3 Å². The molecule has 2 rings (SSSR count). The molecule has 0 unspecified atom stereocenters. The van der Waals surface area contributed by atoms with Crippen molar-refractivity contribution in [1.82, 2.24) is 9.88 Å². The maximum absolute atomic E-state index is 11.2. The molecule has 0 radical (unpaired) electrons. The van der Waals surface area contributed by atoms with Crippen LogP contribution in [0.4, 0.5) is 4.79 Å². The number of hydrogen-bond acceptors (Lipinski definition) is 3. The molecule has 4 nitrogen and oxygen atoms in total. The lowest BCUT2D eigenvalue weighted by atomic mass is 10.1. The first-order chi connectivity index (χ1) is 8.58. The van der Waals surface area contributed by atoms with Crippen LogP contribution < -0.4 is 4.74 Å². The van der Waals surface area contributed by atoms with Gasteiger partial charge in [0.2, 0.25) is 0 Å². The maximum Gasteiger partial charge on any atom is 0.265 e. The van der Waals surface area contributed by atoms with Crippen LogP contribution in [0.3, 0.4) is 0 Å². The molecule has 1 aromatic carbocycles. The molecule has 0 saturated carbocycles. The number of likely N-dealkylation sites (N-methyl/N-ethyl adjacent to an activating group) is 1. The zero-order valence-corrected chi connectivity index (χ0v) is 13.0. The minimum atomic E-state index is -0.151. The number of carbonyl (C=O) groups is 1. The van der Waals surface area contributed by atoms with E-state index in [0.717, 1.165) is 23.9 Å². The van der Waals surface area contributed by atoms with E-state index < -0.39 is 0 Å². The summed E-state index contributed by atoms with van der Waals surface area (Å²) in [5.74, 6) is 0.669. The van der Waals surface area contributed by atoms with E-state index in [0.29, 0.717) is 16.0 Å². The largest absolute Gasteiger partial charge is 0.431 e. The summed E-state index contributed by atoms with van der Waals surface area (Å²) in [7, 11) is 4.50. The van der Waals surface area contributed by atoms with Crippen LogP contribution in [0, 0.1) is 0 Å². The molecule has 1 aromatic heterocycles. The van der Waals surface area contributed by atoms with Crippen molar-refractivity contribution < 1.29 is 9.53 Å². The minimum Gasteiger partial charge on any atom is -0.431 e. The summed E-state index contributed by atoms with van der Waals surface area (Å²) in [6.45, 7) is 0.968. The second kappa shape index (κ2) is 5.37. The normalized spacial score (nSPS) is 11.3. The van der Waals surface area contributed by atoms with Gasteiger partial charge in [-0.05, 0) is 38.2 Å². The summed E-state index contributed by atoms with van der Waals surface area (Å²) in [5.41, 5.74) is 2.06. The lowest BCUT2D eigenvalue weighted by molar-refractivity contribution is 0.226. The Bertz CT molecular complexity index is 563. The number of fused-ring (bicyclic) bond motifs is 1. The van der Waals surface area contributed by atoms with Crippen LogP contribution in [0.15, 0.2) is 24.4 Å². The Morgan fingerprint density at radius 3 is 2.89 bits per heavy atom. The van der Waals surface area contributed by atoms with Crippen molar-refractivity contribution in [1.29, 1.82) is 0 Å². The standard InChI is InChI=1S/C13H18N2O2Si/c1-15(2)7-6-9-8-14-10-4-3-5-11(12(9)10)17-13(16)18/h3-5,8,14H,6-7H2,1-2,18H3. The second-order valence-corrected chi connectivity index (χ2v) is 5.46. The van der Waals surface area contributed by atoms with E-state index in [1.807, 2.05) is 38.5 Å². The SMILES string of the molecule is CN(C)CCc1c[nH]c2cccc(OC(=O)[SiH3])c12. The Kier molecular flexibility index (Phi) is 3.83. The van der Waals surface area contributed by atoms with Gasteiger partial charge in [-0.1, -0.05) is 6.07 Å². The number of rotatable bonds is 4. The average molecular weight is 262 g/mol. The van der Waals surface area contributed by atoms with Crippen LogP contribution in [-0.2, 0) is 6.42 Å². The van der Waals surface area contributed by atoms with Gasteiger partial charge < -0.3 is 14.6 Å². The number of benzene rings is 1. The first-order valence-electron chi connectivity index (χ1n) is 6.00. The van der Waals surface area contributed by atoms with Gasteiger partial charge >= 0.3 is 0 Å². The first-order valence-corrected chi connectivity index (χ1v) is 7.00. The number of nitrogens with one attached hydrogen (secondary N) is 1. The molecule has 96 valence electrons. The lowest BCUT2D eigenvalue weighted by Gasteiger charge is -2.09. The van der Waals surface area contributed by atoms with Gasteiger partial charge in [-0.25, -0.2) is 0 Å². The van der Waals surface area contributed by atoms with Crippen molar-refractivity contribution in [3.05, 3.63) is 30.0 Å². The number of nitrogens with zero attached hydrogens (tertiary/aromatic N) is 1. The van der Waals surface area contributed by atoms with E-state index >= 15 is 0 Å². The van der Waals surface area contributed by atoms with Gasteiger partial charge in [0.25, 0.3) is 5.59 Å². The minimum absolute atomic E-state index is 0.151. The number of aromatic nitrogens is 1. The third kappa shape index (κ3) is 2.80. The molecule has 0 saturated heterocycles. The molecule has 2 aromatic rings. The number of ether oxygens (including phenoxy) is 1. The molecule has 0 amide bonds. The number of aromatic amines is 1. The van der Waals surface area contributed by atoms with Gasteiger partial charge in [0, 0.05) is 23.6 Å². The second-order valence-electron chi connectivity index (χ2n) is 4.64. The molecule has 0 aliphatic heterocycles. The van der Waals surface area contributed by atoms with Crippen molar-refractivity contribution in [2.45, 2.75) is 6.42 Å². The summed E-state index contributed by atoms with van der Waals surface area (Å²) < 4.78 is 5.32. The first kappa shape index (κ1) is 12.9. The molecule has 0 bridgehead atoms. The number of H-pyrrole nitrogens is 1. The van der Waals surface area contributed by atoms with E-state index in [1.54, 1.807) is 0 Å². The van der Waals surface area contributed by atoms with Gasteiger partial charge in [0.1, 0.15) is 16.0 Å².